The minimum absolute atomic E-state index is 0.0221. The summed E-state index contributed by atoms with van der Waals surface area (Å²) in [5, 5.41) is 0. The van der Waals surface area contributed by atoms with Crippen molar-refractivity contribution in [3.05, 3.63) is 62.4 Å². The fourth-order valence-electron chi connectivity index (χ4n) is 2.28. The van der Waals surface area contributed by atoms with Crippen molar-refractivity contribution in [1.29, 1.82) is 0 Å². The van der Waals surface area contributed by atoms with Crippen molar-refractivity contribution >= 4 is 15.8 Å². The van der Waals surface area contributed by atoms with E-state index in [1.165, 1.54) is 63.0 Å². The molecule has 0 bridgehead atoms. The Morgan fingerprint density at radius 2 is 1.64 bits per heavy atom. The number of rotatable bonds is 5. The molecule has 0 aliphatic heterocycles. The minimum atomic E-state index is -3.83. The van der Waals surface area contributed by atoms with Gasteiger partial charge in [0.25, 0.3) is 5.56 Å². The topological polar surface area (TPSA) is 98.5 Å². The summed E-state index contributed by atoms with van der Waals surface area (Å²) >= 11 is 0. The average Bonchev–Trinajstić information content (AvgIpc) is 2.57. The first-order valence-corrected chi connectivity index (χ1v) is 8.83. The van der Waals surface area contributed by atoms with Crippen molar-refractivity contribution in [2.24, 2.45) is 14.1 Å². The van der Waals surface area contributed by atoms with Crippen molar-refractivity contribution < 1.29 is 13.2 Å². The van der Waals surface area contributed by atoms with Crippen LogP contribution in [0.3, 0.4) is 0 Å². The molecular formula is C16H19N3O5S. The number of nitrogens with zero attached hydrogens (tertiary/aromatic N) is 3. The highest BCUT2D eigenvalue weighted by atomic mass is 32.2. The van der Waals surface area contributed by atoms with E-state index >= 15 is 0 Å². The van der Waals surface area contributed by atoms with E-state index in [0.717, 1.165) is 8.87 Å². The van der Waals surface area contributed by atoms with Gasteiger partial charge in [0.15, 0.2) is 5.78 Å². The molecule has 2 rings (SSSR count). The van der Waals surface area contributed by atoms with Gasteiger partial charge in [0, 0.05) is 38.5 Å². The van der Waals surface area contributed by atoms with Gasteiger partial charge in [-0.2, -0.15) is 4.31 Å². The Morgan fingerprint density at radius 1 is 1.08 bits per heavy atom. The lowest BCUT2D eigenvalue weighted by molar-refractivity contribution is 0.101. The molecule has 0 atom stereocenters. The van der Waals surface area contributed by atoms with Crippen LogP contribution >= 0.6 is 0 Å². The number of aromatic nitrogens is 2. The fraction of sp³-hybridized carbons (Fsp3) is 0.312. The van der Waals surface area contributed by atoms with Crippen molar-refractivity contribution in [3.63, 3.8) is 0 Å². The van der Waals surface area contributed by atoms with Gasteiger partial charge in [-0.15, -0.1) is 0 Å². The number of ketones is 1. The zero-order valence-electron chi connectivity index (χ0n) is 14.4. The Kier molecular flexibility index (Phi) is 5.09. The van der Waals surface area contributed by atoms with Gasteiger partial charge in [0.2, 0.25) is 10.0 Å². The van der Waals surface area contributed by atoms with Crippen LogP contribution in [0.25, 0.3) is 0 Å². The Balaban J connectivity index is 2.37. The quantitative estimate of drug-likeness (QED) is 0.700. The van der Waals surface area contributed by atoms with E-state index in [-0.39, 0.29) is 22.9 Å². The summed E-state index contributed by atoms with van der Waals surface area (Å²) in [6.45, 7) is 1.25. The summed E-state index contributed by atoms with van der Waals surface area (Å²) in [7, 11) is 0.347. The summed E-state index contributed by atoms with van der Waals surface area (Å²) in [6.07, 6.45) is 0. The van der Waals surface area contributed by atoms with Crippen LogP contribution in [0.15, 0.2) is 44.8 Å². The maximum absolute atomic E-state index is 12.6. The second kappa shape index (κ2) is 6.77. The largest absolute Gasteiger partial charge is 0.330 e. The standard InChI is InChI=1S/C16H19N3O5S/c1-11(20)12-5-7-14(8-6-12)25(23,24)17(2)10-13-9-15(21)19(4)16(22)18(13)3/h5-9H,10H2,1-4H3. The van der Waals surface area contributed by atoms with E-state index in [1.807, 2.05) is 0 Å². The predicted molar refractivity (Wildman–Crippen MR) is 92.0 cm³/mol. The lowest BCUT2D eigenvalue weighted by Gasteiger charge is -2.19. The fourth-order valence-corrected chi connectivity index (χ4v) is 3.43. The molecule has 1 aromatic heterocycles. The normalized spacial score (nSPS) is 11.7. The highest BCUT2D eigenvalue weighted by Gasteiger charge is 2.22. The minimum Gasteiger partial charge on any atom is -0.299 e. The first-order valence-electron chi connectivity index (χ1n) is 7.39. The van der Waals surface area contributed by atoms with Gasteiger partial charge in [-0.3, -0.25) is 18.7 Å². The van der Waals surface area contributed by atoms with Crippen LogP contribution in [-0.4, -0.2) is 34.7 Å². The third-order valence-corrected chi connectivity index (χ3v) is 5.80. The molecule has 0 amide bonds. The maximum Gasteiger partial charge on any atom is 0.330 e. The van der Waals surface area contributed by atoms with Crippen LogP contribution in [0.4, 0.5) is 0 Å². The van der Waals surface area contributed by atoms with Gasteiger partial charge in [-0.1, -0.05) is 12.1 Å². The van der Waals surface area contributed by atoms with Crippen molar-refractivity contribution in [3.8, 4) is 0 Å². The van der Waals surface area contributed by atoms with Gasteiger partial charge in [-0.25, -0.2) is 13.2 Å². The predicted octanol–water partition coefficient (Wildman–Crippen LogP) is 0.107. The molecule has 0 aliphatic carbocycles. The van der Waals surface area contributed by atoms with Gasteiger partial charge in [0.05, 0.1) is 11.4 Å². The van der Waals surface area contributed by atoms with Gasteiger partial charge in [-0.05, 0) is 19.1 Å². The number of hydrogen-bond acceptors (Lipinski definition) is 5. The lowest BCUT2D eigenvalue weighted by atomic mass is 10.2. The maximum atomic E-state index is 12.6. The number of hydrogen-bond donors (Lipinski definition) is 0. The molecule has 0 spiro atoms. The Morgan fingerprint density at radius 3 is 2.16 bits per heavy atom. The Bertz CT molecular complexity index is 1030. The molecule has 0 fully saturated rings. The van der Waals surface area contributed by atoms with E-state index < -0.39 is 21.3 Å². The molecule has 134 valence electrons. The molecule has 9 heteroatoms. The average molecular weight is 365 g/mol. The summed E-state index contributed by atoms with van der Waals surface area (Å²) < 4.78 is 28.5. The zero-order valence-corrected chi connectivity index (χ0v) is 15.2. The van der Waals surface area contributed by atoms with Gasteiger partial charge < -0.3 is 0 Å². The van der Waals surface area contributed by atoms with Crippen molar-refractivity contribution in [1.82, 2.24) is 13.4 Å². The number of benzene rings is 1. The van der Waals surface area contributed by atoms with Gasteiger partial charge in [0.1, 0.15) is 0 Å². The van der Waals surface area contributed by atoms with Gasteiger partial charge >= 0.3 is 5.69 Å². The van der Waals surface area contributed by atoms with E-state index in [4.69, 9.17) is 0 Å². The highest BCUT2D eigenvalue weighted by Crippen LogP contribution is 2.17. The second-order valence-corrected chi connectivity index (χ2v) is 7.76. The summed E-state index contributed by atoms with van der Waals surface area (Å²) in [6, 6.07) is 6.82. The van der Waals surface area contributed by atoms with E-state index in [1.54, 1.807) is 0 Å². The smallest absolute Gasteiger partial charge is 0.299 e. The summed E-state index contributed by atoms with van der Waals surface area (Å²) in [5.74, 6) is -0.160. The molecule has 1 heterocycles. The molecule has 0 saturated carbocycles. The van der Waals surface area contributed by atoms with E-state index in [0.29, 0.717) is 5.56 Å². The molecule has 0 saturated heterocycles. The Hall–Kier alpha value is -2.52. The lowest BCUT2D eigenvalue weighted by Crippen LogP contribution is -2.39. The number of Topliss-reactive ketones (excluding diaryl/α,β-unsaturated/α-hetero) is 1. The summed E-state index contributed by atoms with van der Waals surface area (Å²) in [4.78, 5) is 35.0. The first kappa shape index (κ1) is 18.8. The monoisotopic (exact) mass is 365 g/mol. The van der Waals surface area contributed by atoms with Crippen LogP contribution < -0.4 is 11.2 Å². The number of sulfonamides is 1. The van der Waals surface area contributed by atoms with E-state index in [2.05, 4.69) is 0 Å². The zero-order chi connectivity index (χ0) is 18.9. The van der Waals surface area contributed by atoms with Crippen LogP contribution in [0.1, 0.15) is 23.0 Å². The highest BCUT2D eigenvalue weighted by molar-refractivity contribution is 7.89. The molecule has 0 radical (unpaired) electrons. The second-order valence-electron chi connectivity index (χ2n) is 5.72. The van der Waals surface area contributed by atoms with Crippen molar-refractivity contribution in [2.45, 2.75) is 18.4 Å². The molecule has 25 heavy (non-hydrogen) atoms. The SMILES string of the molecule is CC(=O)c1ccc(S(=O)(=O)N(C)Cc2cc(=O)n(C)c(=O)n2C)cc1. The molecule has 0 aliphatic rings. The first-order chi connectivity index (χ1) is 11.6. The molecule has 2 aromatic rings. The van der Waals surface area contributed by atoms with Crippen LogP contribution in [-0.2, 0) is 30.7 Å². The number of carbonyl (C=O) groups is 1. The van der Waals surface area contributed by atoms with E-state index in [9.17, 15) is 22.8 Å². The van der Waals surface area contributed by atoms with Crippen LogP contribution in [0.5, 0.6) is 0 Å². The van der Waals surface area contributed by atoms with Crippen molar-refractivity contribution in [2.75, 3.05) is 7.05 Å². The molecule has 1 aromatic carbocycles. The van der Waals surface area contributed by atoms with Crippen LogP contribution in [0.2, 0.25) is 0 Å². The molecule has 0 N–H and O–H groups in total. The Labute approximate surface area is 145 Å². The van der Waals surface area contributed by atoms with Crippen LogP contribution in [0, 0.1) is 0 Å². The molecule has 8 nitrogen and oxygen atoms in total. The summed E-state index contributed by atoms with van der Waals surface area (Å²) in [5.41, 5.74) is -0.344. The third-order valence-electron chi connectivity index (χ3n) is 3.98. The molecular weight excluding hydrogens is 346 g/mol. The molecule has 0 unspecified atom stereocenters. The number of carbonyl (C=O) groups excluding carboxylic acids is 1. The third kappa shape index (κ3) is 3.62.